The molecule has 0 fully saturated rings. The van der Waals surface area contributed by atoms with Crippen molar-refractivity contribution in [3.05, 3.63) is 17.0 Å². The van der Waals surface area contributed by atoms with E-state index in [1.807, 2.05) is 13.8 Å². The minimum absolute atomic E-state index is 0.0268. The fourth-order valence-electron chi connectivity index (χ4n) is 2.26. The van der Waals surface area contributed by atoms with Crippen molar-refractivity contribution in [3.63, 3.8) is 0 Å². The van der Waals surface area contributed by atoms with Crippen LogP contribution in [-0.4, -0.2) is 32.9 Å². The van der Waals surface area contributed by atoms with Gasteiger partial charge in [-0.25, -0.2) is 4.68 Å². The Balaban J connectivity index is 2.71. The van der Waals surface area contributed by atoms with Crippen molar-refractivity contribution >= 4 is 5.91 Å². The molecule has 22 heavy (non-hydrogen) atoms. The normalized spacial score (nSPS) is 15.7. The summed E-state index contributed by atoms with van der Waals surface area (Å²) >= 11 is 0. The lowest BCUT2D eigenvalue weighted by atomic mass is 9.88. The van der Waals surface area contributed by atoms with Gasteiger partial charge in [0.2, 0.25) is 5.91 Å². The van der Waals surface area contributed by atoms with Crippen LogP contribution >= 0.6 is 0 Å². The molecule has 0 aliphatic rings. The molecule has 1 aromatic heterocycles. The molecule has 0 aromatic carbocycles. The largest absolute Gasteiger partial charge is 0.388 e. The Hall–Kier alpha value is -1.50. The number of carbonyl (C=O) groups is 1. The highest BCUT2D eigenvalue weighted by atomic mass is 19.3. The van der Waals surface area contributed by atoms with Gasteiger partial charge in [0.25, 0.3) is 0 Å². The van der Waals surface area contributed by atoms with Crippen molar-refractivity contribution < 1.29 is 18.7 Å². The van der Waals surface area contributed by atoms with Gasteiger partial charge in [0.05, 0.1) is 17.7 Å². The van der Waals surface area contributed by atoms with Crippen molar-refractivity contribution in [2.75, 3.05) is 6.54 Å². The van der Waals surface area contributed by atoms with Gasteiger partial charge in [0.15, 0.2) is 0 Å². The monoisotopic (exact) mass is 317 g/mol. The van der Waals surface area contributed by atoms with Gasteiger partial charge in [-0.1, -0.05) is 20.3 Å². The zero-order valence-electron chi connectivity index (χ0n) is 13.8. The summed E-state index contributed by atoms with van der Waals surface area (Å²) in [6.07, 6.45) is 0.767. The summed E-state index contributed by atoms with van der Waals surface area (Å²) in [7, 11) is 0. The first-order valence-electron chi connectivity index (χ1n) is 7.42. The molecule has 1 aromatic rings. The van der Waals surface area contributed by atoms with Gasteiger partial charge >= 0.3 is 6.55 Å². The van der Waals surface area contributed by atoms with Crippen LogP contribution in [0.1, 0.15) is 50.7 Å². The van der Waals surface area contributed by atoms with Crippen LogP contribution in [0.5, 0.6) is 0 Å². The molecule has 1 amide bonds. The van der Waals surface area contributed by atoms with Crippen molar-refractivity contribution in [1.29, 1.82) is 0 Å². The van der Waals surface area contributed by atoms with Crippen LogP contribution in [0.25, 0.3) is 0 Å². The zero-order chi connectivity index (χ0) is 17.1. The number of aromatic nitrogens is 2. The molecule has 0 bridgehead atoms. The van der Waals surface area contributed by atoms with Crippen LogP contribution in [0.15, 0.2) is 0 Å². The third-order valence-corrected chi connectivity index (χ3v) is 4.31. The fourth-order valence-corrected chi connectivity index (χ4v) is 2.26. The minimum atomic E-state index is -2.72. The number of aryl methyl sites for hydroxylation is 1. The summed E-state index contributed by atoms with van der Waals surface area (Å²) in [6, 6.07) is 0. The molecular weight excluding hydrogens is 292 g/mol. The lowest BCUT2D eigenvalue weighted by Crippen LogP contribution is -2.45. The molecule has 7 heteroatoms. The third kappa shape index (κ3) is 4.25. The van der Waals surface area contributed by atoms with Crippen LogP contribution < -0.4 is 5.32 Å². The minimum Gasteiger partial charge on any atom is -0.388 e. The van der Waals surface area contributed by atoms with Gasteiger partial charge in [-0.05, 0) is 26.7 Å². The van der Waals surface area contributed by atoms with E-state index in [1.165, 1.54) is 6.92 Å². The maximum Gasteiger partial charge on any atom is 0.333 e. The molecule has 0 saturated heterocycles. The second kappa shape index (κ2) is 7.17. The number of amides is 1. The van der Waals surface area contributed by atoms with Crippen molar-refractivity contribution in [1.82, 2.24) is 15.1 Å². The fraction of sp³-hybridized carbons (Fsp3) is 0.733. The average molecular weight is 317 g/mol. The van der Waals surface area contributed by atoms with E-state index in [4.69, 9.17) is 0 Å². The summed E-state index contributed by atoms with van der Waals surface area (Å²) in [5.74, 6) is -0.276. The SMILES string of the molecule is CC[C@H](C)[C@@](C)(O)CNC(=O)Cc1c(C)nn(C(F)F)c1C. The maximum absolute atomic E-state index is 12.8. The van der Waals surface area contributed by atoms with Gasteiger partial charge in [-0.2, -0.15) is 13.9 Å². The summed E-state index contributed by atoms with van der Waals surface area (Å²) < 4.78 is 26.1. The number of rotatable bonds is 7. The van der Waals surface area contributed by atoms with Gasteiger partial charge in [-0.3, -0.25) is 4.79 Å². The smallest absolute Gasteiger partial charge is 0.333 e. The number of nitrogens with zero attached hydrogens (tertiary/aromatic N) is 2. The van der Waals surface area contributed by atoms with E-state index >= 15 is 0 Å². The Morgan fingerprint density at radius 1 is 1.45 bits per heavy atom. The maximum atomic E-state index is 12.8. The number of aliphatic hydroxyl groups is 1. The lowest BCUT2D eigenvalue weighted by molar-refractivity contribution is -0.122. The number of carbonyl (C=O) groups excluding carboxylic acids is 1. The van der Waals surface area contributed by atoms with Gasteiger partial charge in [0, 0.05) is 17.8 Å². The topological polar surface area (TPSA) is 67.2 Å². The van der Waals surface area contributed by atoms with E-state index in [0.29, 0.717) is 15.9 Å². The zero-order valence-corrected chi connectivity index (χ0v) is 13.8. The van der Waals surface area contributed by atoms with Crippen LogP contribution in [-0.2, 0) is 11.2 Å². The van der Waals surface area contributed by atoms with Crippen molar-refractivity contribution in [3.8, 4) is 0 Å². The lowest BCUT2D eigenvalue weighted by Gasteiger charge is -2.29. The Morgan fingerprint density at radius 3 is 2.50 bits per heavy atom. The highest BCUT2D eigenvalue weighted by Gasteiger charge is 2.28. The molecule has 2 atom stereocenters. The molecule has 2 N–H and O–H groups in total. The number of hydrogen-bond donors (Lipinski definition) is 2. The molecule has 0 saturated carbocycles. The predicted molar refractivity (Wildman–Crippen MR) is 79.7 cm³/mol. The van der Waals surface area contributed by atoms with Crippen molar-refractivity contribution in [2.45, 2.75) is 59.6 Å². The van der Waals surface area contributed by atoms with E-state index in [1.54, 1.807) is 13.8 Å². The van der Waals surface area contributed by atoms with Gasteiger partial charge < -0.3 is 10.4 Å². The highest BCUT2D eigenvalue weighted by molar-refractivity contribution is 5.79. The number of halogens is 2. The molecule has 126 valence electrons. The van der Waals surface area contributed by atoms with E-state index in [0.717, 1.165) is 6.42 Å². The number of alkyl halides is 2. The van der Waals surface area contributed by atoms with E-state index in [9.17, 15) is 18.7 Å². The summed E-state index contributed by atoms with van der Waals surface area (Å²) in [5.41, 5.74) is 0.209. The second-order valence-corrected chi connectivity index (χ2v) is 5.99. The first-order chi connectivity index (χ1) is 10.1. The van der Waals surface area contributed by atoms with Crippen LogP contribution in [0.4, 0.5) is 8.78 Å². The average Bonchev–Trinajstić information content (AvgIpc) is 2.72. The summed E-state index contributed by atoms with van der Waals surface area (Å²) in [5, 5.41) is 16.7. The molecule has 0 unspecified atom stereocenters. The predicted octanol–water partition coefficient (Wildman–Crippen LogP) is 2.35. The van der Waals surface area contributed by atoms with Crippen LogP contribution in [0.2, 0.25) is 0 Å². The van der Waals surface area contributed by atoms with E-state index < -0.39 is 12.2 Å². The Kier molecular flexibility index (Phi) is 6.05. The Bertz CT molecular complexity index is 527. The molecule has 0 aliphatic heterocycles. The number of hydrogen-bond acceptors (Lipinski definition) is 3. The van der Waals surface area contributed by atoms with Crippen molar-refractivity contribution in [2.24, 2.45) is 5.92 Å². The standard InChI is InChI=1S/C15H25F2N3O2/c1-6-9(2)15(5,22)8-18-13(21)7-12-10(3)19-20(11(12)4)14(16)17/h9,14,22H,6-8H2,1-5H3,(H,18,21)/t9-,15-/m0/s1. The van der Waals surface area contributed by atoms with Gasteiger partial charge in [0.1, 0.15) is 0 Å². The Morgan fingerprint density at radius 2 is 2.05 bits per heavy atom. The molecule has 0 spiro atoms. The molecule has 1 heterocycles. The molecular formula is C15H25F2N3O2. The van der Waals surface area contributed by atoms with E-state index in [2.05, 4.69) is 10.4 Å². The molecule has 0 radical (unpaired) electrons. The quantitative estimate of drug-likeness (QED) is 0.811. The highest BCUT2D eigenvalue weighted by Crippen LogP contribution is 2.21. The molecule has 0 aliphatic carbocycles. The summed E-state index contributed by atoms with van der Waals surface area (Å²) in [4.78, 5) is 12.0. The van der Waals surface area contributed by atoms with E-state index in [-0.39, 0.29) is 30.5 Å². The van der Waals surface area contributed by atoms with Crippen LogP contribution in [0.3, 0.4) is 0 Å². The first-order valence-corrected chi connectivity index (χ1v) is 7.42. The molecule has 1 rings (SSSR count). The Labute approximate surface area is 129 Å². The summed E-state index contributed by atoms with van der Waals surface area (Å²) in [6.45, 7) is 6.07. The van der Waals surface area contributed by atoms with Crippen LogP contribution in [0, 0.1) is 19.8 Å². The number of nitrogens with one attached hydrogen (secondary N) is 1. The first kappa shape index (κ1) is 18.5. The third-order valence-electron chi connectivity index (χ3n) is 4.31. The molecule has 5 nitrogen and oxygen atoms in total. The van der Waals surface area contributed by atoms with Gasteiger partial charge in [-0.15, -0.1) is 0 Å². The second-order valence-electron chi connectivity index (χ2n) is 5.99.